The maximum atomic E-state index is 11.2. The average Bonchev–Trinajstić information content (AvgIpc) is 3.81. The van der Waals surface area contributed by atoms with Gasteiger partial charge in [-0.2, -0.15) is 0 Å². The summed E-state index contributed by atoms with van der Waals surface area (Å²) in [6.45, 7) is 7.55. The van der Waals surface area contributed by atoms with Crippen molar-refractivity contribution in [3.63, 3.8) is 0 Å². The van der Waals surface area contributed by atoms with Crippen LogP contribution in [0.4, 0.5) is 0 Å². The number of H-pyrrole nitrogens is 2. The van der Waals surface area contributed by atoms with Crippen LogP contribution >= 0.6 is 21.6 Å². The van der Waals surface area contributed by atoms with Crippen LogP contribution in [-0.2, 0) is 9.47 Å². The molecule has 0 fully saturated rings. The molecule has 5 N–H and O–H groups in total. The van der Waals surface area contributed by atoms with Crippen LogP contribution in [0.5, 0.6) is 0 Å². The van der Waals surface area contributed by atoms with Gasteiger partial charge in [0, 0.05) is 49.4 Å². The van der Waals surface area contributed by atoms with Crippen molar-refractivity contribution in [2.24, 2.45) is 5.73 Å². The minimum absolute atomic E-state index is 0.210. The lowest BCUT2D eigenvalue weighted by molar-refractivity contribution is 0.0555. The molecule has 1 aromatic carbocycles. The first kappa shape index (κ1) is 41.5. The predicted molar refractivity (Wildman–Crippen MR) is 186 cm³/mol. The van der Waals surface area contributed by atoms with Crippen LogP contribution in [0.3, 0.4) is 0 Å². The molecule has 0 saturated heterocycles. The zero-order valence-corrected chi connectivity index (χ0v) is 27.6. The summed E-state index contributed by atoms with van der Waals surface area (Å²) in [5.74, 6) is 1.16. The van der Waals surface area contributed by atoms with Gasteiger partial charge in [-0.15, -0.1) is 0 Å². The van der Waals surface area contributed by atoms with E-state index in [4.69, 9.17) is 5.73 Å². The molecule has 0 radical (unpaired) electrons. The van der Waals surface area contributed by atoms with Gasteiger partial charge in [0.2, 0.25) is 0 Å². The van der Waals surface area contributed by atoms with Gasteiger partial charge >= 0.3 is 11.9 Å². The number of hydrogen-bond donors (Lipinski definition) is 4. The number of ether oxygens (including phenoxy) is 2. The fourth-order valence-corrected chi connectivity index (χ4v) is 4.55. The third-order valence-corrected chi connectivity index (χ3v) is 7.30. The number of carbonyl (C=O) groups is 2. The molecule has 2 aromatic heterocycles. The number of nitrogens with two attached hydrogens (primary N) is 1. The van der Waals surface area contributed by atoms with E-state index in [1.54, 1.807) is 49.6 Å². The summed E-state index contributed by atoms with van der Waals surface area (Å²) in [5, 5.41) is 3.43. The van der Waals surface area contributed by atoms with Gasteiger partial charge in [-0.3, -0.25) is 0 Å². The molecule has 0 aliphatic heterocycles. The number of aromatic amines is 2. The van der Waals surface area contributed by atoms with Gasteiger partial charge in [0.05, 0.1) is 60.0 Å². The predicted octanol–water partition coefficient (Wildman–Crippen LogP) is 2.95. The molecule has 15 heteroatoms. The first-order valence-corrected chi connectivity index (χ1v) is 16.8. The highest BCUT2D eigenvalue weighted by Crippen LogP contribution is 2.18. The molecular formula is C27H49B3N6O4S2. The van der Waals surface area contributed by atoms with Crippen LogP contribution in [-0.4, -0.2) is 99.2 Å². The largest absolute Gasteiger partial charge is 0.465 e. The standard InChI is InChI=1S/C10H10O4.C9H22N2S2.2C3H4N2.C2H9B3/c1-13-9(11)7-5-3-4-6-8(7)10(12)14-2;1-2-3-4-6-11-7-9-13-12-8-5-10;2*1-2-5-3-4-1;1-2-4-5-3/h3-6H,1-2H3;11H,2-10H2,1H3;2*1-3H,(H,4,5);4-5H,2-3H2,1H3. The summed E-state index contributed by atoms with van der Waals surface area (Å²) in [6.07, 6.45) is 15.5. The van der Waals surface area contributed by atoms with E-state index in [9.17, 15) is 9.59 Å². The monoisotopic (exact) mass is 618 g/mol. The number of rotatable bonds is 14. The number of benzene rings is 1. The minimum atomic E-state index is -0.550. The van der Waals surface area contributed by atoms with Crippen molar-refractivity contribution < 1.29 is 19.1 Å². The van der Waals surface area contributed by atoms with E-state index in [-0.39, 0.29) is 11.1 Å². The highest BCUT2D eigenvalue weighted by molar-refractivity contribution is 8.76. The number of nitrogens with one attached hydrogen (secondary N) is 3. The van der Waals surface area contributed by atoms with Crippen LogP contribution < -0.4 is 11.1 Å². The summed E-state index contributed by atoms with van der Waals surface area (Å²) in [4.78, 5) is 35.3. The van der Waals surface area contributed by atoms with Crippen LogP contribution in [0.15, 0.2) is 61.7 Å². The van der Waals surface area contributed by atoms with Gasteiger partial charge in [-0.25, -0.2) is 19.6 Å². The normalized spacial score (nSPS) is 9.07. The molecule has 2 heterocycles. The van der Waals surface area contributed by atoms with Gasteiger partial charge in [-0.05, 0) is 25.1 Å². The number of unbranched alkanes of at least 4 members (excludes halogenated alkanes) is 2. The van der Waals surface area contributed by atoms with Crippen molar-refractivity contribution in [3.8, 4) is 0 Å². The van der Waals surface area contributed by atoms with Gasteiger partial charge in [0.15, 0.2) is 0 Å². The van der Waals surface area contributed by atoms with E-state index in [2.05, 4.69) is 56.3 Å². The number of carbonyl (C=O) groups excluding carboxylic acids is 2. The Labute approximate surface area is 262 Å². The Bertz CT molecular complexity index is 838. The van der Waals surface area contributed by atoms with Crippen molar-refractivity contribution in [2.75, 3.05) is 45.4 Å². The zero-order valence-electron chi connectivity index (χ0n) is 26.0. The van der Waals surface area contributed by atoms with Gasteiger partial charge in [0.25, 0.3) is 0 Å². The van der Waals surface area contributed by atoms with Crippen molar-refractivity contribution in [2.45, 2.75) is 39.4 Å². The fourth-order valence-electron chi connectivity index (χ4n) is 2.75. The molecule has 3 aromatic rings. The summed E-state index contributed by atoms with van der Waals surface area (Å²) >= 11 is 0. The number of esters is 2. The Hall–Kier alpha value is -2.61. The highest BCUT2D eigenvalue weighted by Gasteiger charge is 2.16. The molecule has 0 unspecified atom stereocenters. The van der Waals surface area contributed by atoms with E-state index >= 15 is 0 Å². The molecule has 0 amide bonds. The molecule has 0 aliphatic rings. The van der Waals surface area contributed by atoms with Crippen molar-refractivity contribution in [1.82, 2.24) is 25.3 Å². The first-order valence-electron chi connectivity index (χ1n) is 14.3. The first-order chi connectivity index (χ1) is 20.5. The maximum absolute atomic E-state index is 11.2. The van der Waals surface area contributed by atoms with Crippen molar-refractivity contribution in [1.29, 1.82) is 0 Å². The van der Waals surface area contributed by atoms with Gasteiger partial charge in [0.1, 0.15) is 0 Å². The number of imidazole rings is 2. The molecular weight excluding hydrogens is 569 g/mol. The van der Waals surface area contributed by atoms with Crippen molar-refractivity contribution >= 4 is 55.5 Å². The summed E-state index contributed by atoms with van der Waals surface area (Å²) < 4.78 is 9.05. The zero-order chi connectivity index (χ0) is 31.5. The Morgan fingerprint density at radius 3 is 1.81 bits per heavy atom. The molecule has 232 valence electrons. The molecule has 0 spiro atoms. The lowest BCUT2D eigenvalue weighted by atomic mass is 9.27. The highest BCUT2D eigenvalue weighted by atomic mass is 33.1. The average molecular weight is 618 g/mol. The number of aromatic nitrogens is 4. The second kappa shape index (κ2) is 34.6. The minimum Gasteiger partial charge on any atom is -0.465 e. The number of methoxy groups -OCH3 is 2. The van der Waals surface area contributed by atoms with E-state index < -0.39 is 11.9 Å². The Balaban J connectivity index is 0. The quantitative estimate of drug-likeness (QED) is 0.0921. The lowest BCUT2D eigenvalue weighted by Crippen LogP contribution is -2.18. The molecule has 10 nitrogen and oxygen atoms in total. The molecule has 42 heavy (non-hydrogen) atoms. The van der Waals surface area contributed by atoms with E-state index in [1.807, 2.05) is 21.6 Å². The van der Waals surface area contributed by atoms with Crippen LogP contribution in [0.1, 0.15) is 53.8 Å². The van der Waals surface area contributed by atoms with Crippen LogP contribution in [0.2, 0.25) is 6.32 Å². The van der Waals surface area contributed by atoms with Gasteiger partial charge < -0.3 is 30.5 Å². The lowest BCUT2D eigenvalue weighted by Gasteiger charge is -2.04. The number of nitrogens with zero attached hydrogens (tertiary/aromatic N) is 2. The summed E-state index contributed by atoms with van der Waals surface area (Å²) in [7, 11) is 11.3. The second-order valence-electron chi connectivity index (χ2n) is 8.29. The van der Waals surface area contributed by atoms with Crippen LogP contribution in [0.25, 0.3) is 0 Å². The smallest absolute Gasteiger partial charge is 0.338 e. The fraction of sp³-hybridized carbons (Fsp3) is 0.481. The SMILES string of the molecule is BBBCC.CCCCCNCCSSCCN.COC(=O)c1ccccc1C(=O)OC.c1c[nH]cn1.c1c[nH]cn1. The topological polar surface area (TPSA) is 148 Å². The third-order valence-electron chi connectivity index (χ3n) is 4.86. The summed E-state index contributed by atoms with van der Waals surface area (Å²) in [6, 6.07) is 6.33. The molecule has 0 aliphatic carbocycles. The van der Waals surface area contributed by atoms with E-state index in [0.717, 1.165) is 18.8 Å². The number of hydrogen-bond acceptors (Lipinski definition) is 10. The third kappa shape index (κ3) is 27.6. The van der Waals surface area contributed by atoms with Gasteiger partial charge in [-0.1, -0.05) is 66.7 Å². The molecule has 0 saturated carbocycles. The van der Waals surface area contributed by atoms with Crippen LogP contribution in [0, 0.1) is 0 Å². The maximum Gasteiger partial charge on any atom is 0.338 e. The second-order valence-corrected chi connectivity index (χ2v) is 11.0. The summed E-state index contributed by atoms with van der Waals surface area (Å²) in [5.41, 5.74) is 5.79. The van der Waals surface area contributed by atoms with E-state index in [0.29, 0.717) is 0 Å². The molecule has 3 rings (SSSR count). The molecule has 0 atom stereocenters. The Kier molecular flexibility index (Phi) is 34.2. The van der Waals surface area contributed by atoms with Crippen molar-refractivity contribution in [3.05, 3.63) is 72.8 Å². The van der Waals surface area contributed by atoms with E-state index in [1.165, 1.54) is 78.5 Å². The Morgan fingerprint density at radius 1 is 0.929 bits per heavy atom. The Morgan fingerprint density at radius 2 is 1.48 bits per heavy atom. The molecule has 0 bridgehead atoms.